The minimum atomic E-state index is -0.807. The molecule has 0 aliphatic carbocycles. The Morgan fingerprint density at radius 3 is 2.64 bits per heavy atom. The highest BCUT2D eigenvalue weighted by atomic mass is 16.6. The number of fused-ring (bicyclic) bond motifs is 1. The van der Waals surface area contributed by atoms with E-state index in [1.54, 1.807) is 25.1 Å². The number of nitrogens with one attached hydrogen (secondary N) is 2. The van der Waals surface area contributed by atoms with E-state index in [9.17, 15) is 19.2 Å². The predicted octanol–water partition coefficient (Wildman–Crippen LogP) is 0.576. The summed E-state index contributed by atoms with van der Waals surface area (Å²) in [6.45, 7) is 0.878. The molecule has 0 spiro atoms. The fraction of sp³-hybridized carbons (Fsp3) is 0.333. The van der Waals surface area contributed by atoms with Crippen LogP contribution in [-0.2, 0) is 19.1 Å². The highest BCUT2D eigenvalue weighted by Gasteiger charge is 2.13. The number of amides is 3. The van der Waals surface area contributed by atoms with Gasteiger partial charge in [0, 0.05) is 24.6 Å². The third kappa shape index (κ3) is 6.72. The Hall–Kier alpha value is -3.40. The molecule has 0 fully saturated rings. The molecule has 1 atom stereocenters. The van der Waals surface area contributed by atoms with Gasteiger partial charge < -0.3 is 23.9 Å². The van der Waals surface area contributed by atoms with E-state index in [-0.39, 0.29) is 18.4 Å². The third-order valence-corrected chi connectivity index (χ3v) is 3.36. The molecular formula is C18H20N2O8. The fourth-order valence-electron chi connectivity index (χ4n) is 2.17. The Morgan fingerprint density at radius 1 is 1.14 bits per heavy atom. The molecular weight excluding hydrogens is 372 g/mol. The van der Waals surface area contributed by atoms with E-state index >= 15 is 0 Å². The standard InChI is InChI=1S/C18H20N2O8/c1-11(8-25-2)19-18(24)20-15(21)9-27-17(23)10-26-13-5-3-12-4-6-16(22)28-14(12)7-13/h3-7,11H,8-10H2,1-2H3,(H2,19,20,21,24)/t11-/m1/s1. The first kappa shape index (κ1) is 20.9. The lowest BCUT2D eigenvalue weighted by molar-refractivity contribution is -0.150. The van der Waals surface area contributed by atoms with E-state index in [1.165, 1.54) is 19.2 Å². The molecule has 0 unspecified atom stereocenters. The zero-order valence-electron chi connectivity index (χ0n) is 15.4. The molecule has 2 N–H and O–H groups in total. The fourth-order valence-corrected chi connectivity index (χ4v) is 2.17. The van der Waals surface area contributed by atoms with Gasteiger partial charge in [0.15, 0.2) is 13.2 Å². The third-order valence-electron chi connectivity index (χ3n) is 3.36. The van der Waals surface area contributed by atoms with Crippen LogP contribution >= 0.6 is 0 Å². The molecule has 0 aliphatic heterocycles. The molecule has 2 rings (SSSR count). The van der Waals surface area contributed by atoms with Crippen LogP contribution in [0.4, 0.5) is 4.79 Å². The number of benzene rings is 1. The van der Waals surface area contributed by atoms with Gasteiger partial charge in [0.2, 0.25) is 0 Å². The molecule has 3 amide bonds. The largest absolute Gasteiger partial charge is 0.482 e. The summed E-state index contributed by atoms with van der Waals surface area (Å²) in [6, 6.07) is 6.60. The second-order valence-electron chi connectivity index (χ2n) is 5.78. The molecule has 0 saturated carbocycles. The predicted molar refractivity (Wildman–Crippen MR) is 97.0 cm³/mol. The summed E-state index contributed by atoms with van der Waals surface area (Å²) >= 11 is 0. The van der Waals surface area contributed by atoms with Crippen molar-refractivity contribution >= 4 is 28.9 Å². The van der Waals surface area contributed by atoms with E-state index in [4.69, 9.17) is 18.6 Å². The van der Waals surface area contributed by atoms with Crippen molar-refractivity contribution in [2.45, 2.75) is 13.0 Å². The molecule has 10 heteroatoms. The summed E-state index contributed by atoms with van der Waals surface area (Å²) in [7, 11) is 1.48. The van der Waals surface area contributed by atoms with Crippen molar-refractivity contribution in [1.29, 1.82) is 0 Å². The molecule has 0 bridgehead atoms. The monoisotopic (exact) mass is 392 g/mol. The van der Waals surface area contributed by atoms with Gasteiger partial charge in [-0.3, -0.25) is 10.1 Å². The number of carbonyl (C=O) groups is 3. The van der Waals surface area contributed by atoms with Crippen molar-refractivity contribution in [1.82, 2.24) is 10.6 Å². The first-order chi connectivity index (χ1) is 13.4. The number of rotatable bonds is 8. The lowest BCUT2D eigenvalue weighted by atomic mass is 10.2. The number of imide groups is 1. The summed E-state index contributed by atoms with van der Waals surface area (Å²) in [5, 5.41) is 5.19. The van der Waals surface area contributed by atoms with Crippen molar-refractivity contribution in [2.24, 2.45) is 0 Å². The molecule has 28 heavy (non-hydrogen) atoms. The highest BCUT2D eigenvalue weighted by Crippen LogP contribution is 2.19. The number of methoxy groups -OCH3 is 1. The second-order valence-corrected chi connectivity index (χ2v) is 5.78. The molecule has 0 radical (unpaired) electrons. The van der Waals surface area contributed by atoms with Crippen molar-refractivity contribution in [3.63, 3.8) is 0 Å². The van der Waals surface area contributed by atoms with Gasteiger partial charge in [-0.1, -0.05) is 0 Å². The van der Waals surface area contributed by atoms with E-state index in [0.717, 1.165) is 0 Å². The molecule has 2 aromatic rings. The van der Waals surface area contributed by atoms with E-state index < -0.39 is 36.7 Å². The maximum atomic E-state index is 11.7. The van der Waals surface area contributed by atoms with Crippen molar-refractivity contribution in [3.05, 3.63) is 40.8 Å². The number of hydrogen-bond donors (Lipinski definition) is 2. The Bertz CT molecular complexity index is 908. The average Bonchev–Trinajstić information content (AvgIpc) is 2.64. The molecule has 150 valence electrons. The van der Waals surface area contributed by atoms with E-state index in [0.29, 0.717) is 11.0 Å². The summed E-state index contributed by atoms with van der Waals surface area (Å²) in [5.74, 6) is -1.31. The summed E-state index contributed by atoms with van der Waals surface area (Å²) in [4.78, 5) is 46.0. The van der Waals surface area contributed by atoms with E-state index in [1.807, 2.05) is 5.32 Å². The Labute approximate surface area is 159 Å². The van der Waals surface area contributed by atoms with Crippen molar-refractivity contribution in [2.75, 3.05) is 26.9 Å². The van der Waals surface area contributed by atoms with Gasteiger partial charge in [0.1, 0.15) is 11.3 Å². The molecule has 0 aliphatic rings. The van der Waals surface area contributed by atoms with Crippen LogP contribution in [0, 0.1) is 0 Å². The van der Waals surface area contributed by atoms with Crippen LogP contribution in [0.2, 0.25) is 0 Å². The van der Waals surface area contributed by atoms with E-state index in [2.05, 4.69) is 5.32 Å². The lowest BCUT2D eigenvalue weighted by Gasteiger charge is -2.13. The number of carbonyl (C=O) groups excluding carboxylic acids is 3. The molecule has 1 aromatic carbocycles. The normalized spacial score (nSPS) is 11.5. The van der Waals surface area contributed by atoms with Crippen LogP contribution in [0.3, 0.4) is 0 Å². The van der Waals surface area contributed by atoms with Gasteiger partial charge >= 0.3 is 17.6 Å². The molecule has 0 saturated heterocycles. The molecule has 1 heterocycles. The number of hydrogen-bond acceptors (Lipinski definition) is 8. The summed E-state index contributed by atoms with van der Waals surface area (Å²) in [6.07, 6.45) is 0. The Kier molecular flexibility index (Phi) is 7.52. The zero-order valence-corrected chi connectivity index (χ0v) is 15.4. The average molecular weight is 392 g/mol. The van der Waals surface area contributed by atoms with Gasteiger partial charge in [-0.05, 0) is 25.1 Å². The highest BCUT2D eigenvalue weighted by molar-refractivity contribution is 5.95. The lowest BCUT2D eigenvalue weighted by Crippen LogP contribution is -2.46. The first-order valence-corrected chi connectivity index (χ1v) is 8.29. The van der Waals surface area contributed by atoms with Gasteiger partial charge in [0.25, 0.3) is 5.91 Å². The van der Waals surface area contributed by atoms with Gasteiger partial charge in [-0.2, -0.15) is 0 Å². The number of ether oxygens (including phenoxy) is 3. The van der Waals surface area contributed by atoms with Crippen molar-refractivity contribution < 1.29 is 33.0 Å². The number of urea groups is 1. The van der Waals surface area contributed by atoms with Crippen LogP contribution in [0.15, 0.2) is 39.5 Å². The zero-order chi connectivity index (χ0) is 20.5. The SMILES string of the molecule is COC[C@@H](C)NC(=O)NC(=O)COC(=O)COc1ccc2ccc(=O)oc2c1. The first-order valence-electron chi connectivity index (χ1n) is 8.29. The molecule has 1 aromatic heterocycles. The van der Waals surface area contributed by atoms with Crippen LogP contribution in [0.1, 0.15) is 6.92 Å². The smallest absolute Gasteiger partial charge is 0.344 e. The topological polar surface area (TPSA) is 133 Å². The Balaban J connectivity index is 1.74. The maximum Gasteiger partial charge on any atom is 0.344 e. The minimum absolute atomic E-state index is 0.284. The van der Waals surface area contributed by atoms with Gasteiger partial charge in [0.05, 0.1) is 12.6 Å². The van der Waals surface area contributed by atoms with Crippen LogP contribution in [0.5, 0.6) is 5.75 Å². The maximum absolute atomic E-state index is 11.7. The quantitative estimate of drug-likeness (QED) is 0.492. The van der Waals surface area contributed by atoms with Gasteiger partial charge in [-0.15, -0.1) is 0 Å². The van der Waals surface area contributed by atoms with Crippen LogP contribution in [0.25, 0.3) is 11.0 Å². The van der Waals surface area contributed by atoms with Gasteiger partial charge in [-0.25, -0.2) is 14.4 Å². The summed E-state index contributed by atoms with van der Waals surface area (Å²) < 4.78 is 19.8. The Morgan fingerprint density at radius 2 is 1.89 bits per heavy atom. The van der Waals surface area contributed by atoms with Crippen LogP contribution in [-0.4, -0.2) is 50.9 Å². The second kappa shape index (κ2) is 10.1. The molecule has 10 nitrogen and oxygen atoms in total. The summed E-state index contributed by atoms with van der Waals surface area (Å²) in [5.41, 5.74) is -0.192. The minimum Gasteiger partial charge on any atom is -0.482 e. The number of esters is 1. The van der Waals surface area contributed by atoms with Crippen LogP contribution < -0.4 is 21.0 Å². The van der Waals surface area contributed by atoms with Crippen molar-refractivity contribution in [3.8, 4) is 5.75 Å².